The Bertz CT molecular complexity index is 500. The Labute approximate surface area is 101 Å². The van der Waals surface area contributed by atoms with E-state index in [4.69, 9.17) is 5.21 Å². The van der Waals surface area contributed by atoms with Crippen LogP contribution in [0.1, 0.15) is 12.5 Å². The van der Waals surface area contributed by atoms with Crippen molar-refractivity contribution in [3.8, 4) is 11.1 Å². The Hall–Kier alpha value is -2.09. The summed E-state index contributed by atoms with van der Waals surface area (Å²) in [5, 5.41) is 11.8. The second-order valence-corrected chi connectivity index (χ2v) is 4.07. The summed E-state index contributed by atoms with van der Waals surface area (Å²) in [6, 6.07) is 18.6. The first-order chi connectivity index (χ1) is 8.29. The van der Waals surface area contributed by atoms with Crippen molar-refractivity contribution in [3.05, 3.63) is 60.2 Å². The second kappa shape index (κ2) is 5.30. The number of oxime groups is 1. The van der Waals surface area contributed by atoms with Gasteiger partial charge in [-0.15, -0.1) is 0 Å². The highest BCUT2D eigenvalue weighted by molar-refractivity contribution is 5.83. The molecule has 2 heteroatoms. The lowest BCUT2D eigenvalue weighted by atomic mass is 10.0. The first-order valence-corrected chi connectivity index (χ1v) is 5.61. The fraction of sp³-hybridized carbons (Fsp3) is 0.133. The minimum absolute atomic E-state index is 0.686. The van der Waals surface area contributed by atoms with E-state index in [0.717, 1.165) is 11.3 Å². The zero-order valence-corrected chi connectivity index (χ0v) is 9.80. The maximum absolute atomic E-state index is 8.62. The van der Waals surface area contributed by atoms with Crippen molar-refractivity contribution in [2.24, 2.45) is 5.16 Å². The van der Waals surface area contributed by atoms with Crippen LogP contribution in [0.5, 0.6) is 0 Å². The van der Waals surface area contributed by atoms with Crippen LogP contribution in [0.25, 0.3) is 11.1 Å². The summed E-state index contributed by atoms with van der Waals surface area (Å²) in [5.41, 5.74) is 4.29. The average molecular weight is 225 g/mol. The Morgan fingerprint density at radius 3 is 2.12 bits per heavy atom. The molecule has 0 aliphatic carbocycles. The summed E-state index contributed by atoms with van der Waals surface area (Å²) in [6.07, 6.45) is 0.686. The number of hydrogen-bond acceptors (Lipinski definition) is 2. The largest absolute Gasteiger partial charge is 0.411 e. The Morgan fingerprint density at radius 1 is 0.941 bits per heavy atom. The zero-order chi connectivity index (χ0) is 12.1. The molecule has 2 aromatic carbocycles. The molecule has 0 saturated carbocycles. The third-order valence-electron chi connectivity index (χ3n) is 2.69. The zero-order valence-electron chi connectivity index (χ0n) is 9.80. The van der Waals surface area contributed by atoms with Crippen LogP contribution in [-0.4, -0.2) is 10.9 Å². The summed E-state index contributed by atoms with van der Waals surface area (Å²) in [5.74, 6) is 0. The van der Waals surface area contributed by atoms with Crippen LogP contribution >= 0.6 is 0 Å². The molecule has 86 valence electrons. The van der Waals surface area contributed by atoms with Crippen LogP contribution in [-0.2, 0) is 6.42 Å². The van der Waals surface area contributed by atoms with Gasteiger partial charge in [-0.05, 0) is 23.6 Å². The molecule has 0 spiro atoms. The van der Waals surface area contributed by atoms with Crippen LogP contribution in [0.4, 0.5) is 0 Å². The molecule has 0 fully saturated rings. The highest BCUT2D eigenvalue weighted by Gasteiger charge is 1.99. The second-order valence-electron chi connectivity index (χ2n) is 4.07. The molecule has 0 unspecified atom stereocenters. The molecule has 0 radical (unpaired) electrons. The highest BCUT2D eigenvalue weighted by Crippen LogP contribution is 2.19. The van der Waals surface area contributed by atoms with E-state index in [1.165, 1.54) is 11.1 Å². The number of benzene rings is 2. The molecule has 2 aromatic rings. The van der Waals surface area contributed by atoms with E-state index in [9.17, 15) is 0 Å². The molecule has 2 nitrogen and oxygen atoms in total. The van der Waals surface area contributed by atoms with Gasteiger partial charge in [-0.2, -0.15) is 0 Å². The standard InChI is InChI=1S/C15H15NO/c1-12(16-17)11-13-7-9-15(10-8-13)14-5-3-2-4-6-14/h2-10,17H,11H2,1H3. The number of rotatable bonds is 3. The molecule has 0 amide bonds. The monoisotopic (exact) mass is 225 g/mol. The van der Waals surface area contributed by atoms with E-state index in [0.29, 0.717) is 6.42 Å². The fourth-order valence-corrected chi connectivity index (χ4v) is 1.78. The van der Waals surface area contributed by atoms with Crippen molar-refractivity contribution in [2.75, 3.05) is 0 Å². The van der Waals surface area contributed by atoms with Gasteiger partial charge >= 0.3 is 0 Å². The highest BCUT2D eigenvalue weighted by atomic mass is 16.4. The van der Waals surface area contributed by atoms with Crippen LogP contribution in [0, 0.1) is 0 Å². The van der Waals surface area contributed by atoms with Crippen molar-refractivity contribution in [1.82, 2.24) is 0 Å². The van der Waals surface area contributed by atoms with Crippen LogP contribution < -0.4 is 0 Å². The summed E-state index contributed by atoms with van der Waals surface area (Å²) in [6.45, 7) is 1.81. The van der Waals surface area contributed by atoms with Crippen LogP contribution in [0.2, 0.25) is 0 Å². The van der Waals surface area contributed by atoms with Gasteiger partial charge in [-0.25, -0.2) is 0 Å². The Kier molecular flexibility index (Phi) is 3.55. The molecule has 0 atom stereocenters. The van der Waals surface area contributed by atoms with Gasteiger partial charge in [0.2, 0.25) is 0 Å². The minimum atomic E-state index is 0.686. The van der Waals surface area contributed by atoms with E-state index in [2.05, 4.69) is 41.6 Å². The van der Waals surface area contributed by atoms with Gasteiger partial charge in [-0.1, -0.05) is 59.8 Å². The van der Waals surface area contributed by atoms with Crippen molar-refractivity contribution in [2.45, 2.75) is 13.3 Å². The van der Waals surface area contributed by atoms with E-state index in [1.807, 2.05) is 25.1 Å². The first-order valence-electron chi connectivity index (χ1n) is 5.61. The van der Waals surface area contributed by atoms with E-state index >= 15 is 0 Å². The molecule has 1 N–H and O–H groups in total. The van der Waals surface area contributed by atoms with E-state index < -0.39 is 0 Å². The topological polar surface area (TPSA) is 32.6 Å². The summed E-state index contributed by atoms with van der Waals surface area (Å²) in [7, 11) is 0. The van der Waals surface area contributed by atoms with Gasteiger partial charge in [0, 0.05) is 6.42 Å². The van der Waals surface area contributed by atoms with Crippen molar-refractivity contribution >= 4 is 5.71 Å². The van der Waals surface area contributed by atoms with Gasteiger partial charge in [0.05, 0.1) is 5.71 Å². The van der Waals surface area contributed by atoms with Crippen LogP contribution in [0.15, 0.2) is 59.8 Å². The van der Waals surface area contributed by atoms with Gasteiger partial charge in [-0.3, -0.25) is 0 Å². The van der Waals surface area contributed by atoms with Gasteiger partial charge < -0.3 is 5.21 Å². The molecule has 2 rings (SSSR count). The summed E-state index contributed by atoms with van der Waals surface area (Å²) in [4.78, 5) is 0. The smallest absolute Gasteiger partial charge is 0.0583 e. The maximum Gasteiger partial charge on any atom is 0.0583 e. The number of hydrogen-bond donors (Lipinski definition) is 1. The Morgan fingerprint density at radius 2 is 1.53 bits per heavy atom. The molecule has 0 aromatic heterocycles. The van der Waals surface area contributed by atoms with E-state index in [-0.39, 0.29) is 0 Å². The minimum Gasteiger partial charge on any atom is -0.411 e. The molecule has 0 bridgehead atoms. The lowest BCUT2D eigenvalue weighted by Crippen LogP contribution is -1.96. The predicted molar refractivity (Wildman–Crippen MR) is 70.5 cm³/mol. The molecule has 17 heavy (non-hydrogen) atoms. The third-order valence-corrected chi connectivity index (χ3v) is 2.69. The average Bonchev–Trinajstić information content (AvgIpc) is 2.40. The Balaban J connectivity index is 2.19. The predicted octanol–water partition coefficient (Wildman–Crippen LogP) is 3.75. The third kappa shape index (κ3) is 2.94. The molecular formula is C15H15NO. The van der Waals surface area contributed by atoms with Crippen LogP contribution in [0.3, 0.4) is 0 Å². The molecule has 0 aliphatic rings. The summed E-state index contributed by atoms with van der Waals surface area (Å²) >= 11 is 0. The SMILES string of the molecule is CC(Cc1ccc(-c2ccccc2)cc1)=NO. The lowest BCUT2D eigenvalue weighted by Gasteiger charge is -2.03. The molecule has 0 saturated heterocycles. The number of nitrogens with zero attached hydrogens (tertiary/aromatic N) is 1. The molecule has 0 aliphatic heterocycles. The van der Waals surface area contributed by atoms with E-state index in [1.54, 1.807) is 0 Å². The lowest BCUT2D eigenvalue weighted by molar-refractivity contribution is 0.317. The van der Waals surface area contributed by atoms with Gasteiger partial charge in [0.25, 0.3) is 0 Å². The summed E-state index contributed by atoms with van der Waals surface area (Å²) < 4.78 is 0. The van der Waals surface area contributed by atoms with Crippen molar-refractivity contribution < 1.29 is 5.21 Å². The van der Waals surface area contributed by atoms with Gasteiger partial charge in [0.1, 0.15) is 0 Å². The van der Waals surface area contributed by atoms with Crippen molar-refractivity contribution in [1.29, 1.82) is 0 Å². The quantitative estimate of drug-likeness (QED) is 0.481. The maximum atomic E-state index is 8.62. The van der Waals surface area contributed by atoms with Crippen molar-refractivity contribution in [3.63, 3.8) is 0 Å². The van der Waals surface area contributed by atoms with Gasteiger partial charge in [0.15, 0.2) is 0 Å². The normalized spacial score (nSPS) is 11.5. The molecular weight excluding hydrogens is 210 g/mol. The first kappa shape index (κ1) is 11.4. The fourth-order valence-electron chi connectivity index (χ4n) is 1.78. The molecule has 0 heterocycles.